The Kier molecular flexibility index (Phi) is 7.24. The van der Waals surface area contributed by atoms with Gasteiger partial charge in [0.15, 0.2) is 0 Å². The molecule has 2 aromatic rings. The number of anilines is 2. The van der Waals surface area contributed by atoms with Gasteiger partial charge in [0.25, 0.3) is 0 Å². The first-order valence-corrected chi connectivity index (χ1v) is 9.12. The van der Waals surface area contributed by atoms with E-state index in [4.69, 9.17) is 0 Å². The SMILES string of the molecule is CN=C1C=CC(=C(c2ccc(N(C)C)cc2)c2ccc(N(C)C)cc2)C=C1.Cl. The molecule has 0 amide bonds. The summed E-state index contributed by atoms with van der Waals surface area (Å²) in [6.45, 7) is 0. The predicted molar refractivity (Wildman–Crippen MR) is 126 cm³/mol. The summed E-state index contributed by atoms with van der Waals surface area (Å²) in [6, 6.07) is 17.5. The first-order valence-electron chi connectivity index (χ1n) is 9.12. The van der Waals surface area contributed by atoms with Gasteiger partial charge in [-0.1, -0.05) is 36.4 Å². The Morgan fingerprint density at radius 2 is 1.04 bits per heavy atom. The van der Waals surface area contributed by atoms with Crippen molar-refractivity contribution < 1.29 is 0 Å². The predicted octanol–water partition coefficient (Wildman–Crippen LogP) is 5.24. The summed E-state index contributed by atoms with van der Waals surface area (Å²) in [5.74, 6) is 0. The van der Waals surface area contributed by atoms with Crippen LogP contribution in [0.15, 0.2) is 83.4 Å². The number of hydrogen-bond donors (Lipinski definition) is 0. The molecule has 0 atom stereocenters. The van der Waals surface area contributed by atoms with Gasteiger partial charge < -0.3 is 9.80 Å². The van der Waals surface area contributed by atoms with Crippen molar-refractivity contribution in [2.75, 3.05) is 45.0 Å². The molecule has 1 aliphatic rings. The number of rotatable bonds is 4. The van der Waals surface area contributed by atoms with Crippen LogP contribution in [0.1, 0.15) is 11.1 Å². The van der Waals surface area contributed by atoms with Crippen LogP contribution in [-0.4, -0.2) is 41.0 Å². The van der Waals surface area contributed by atoms with Crippen molar-refractivity contribution in [1.29, 1.82) is 0 Å². The standard InChI is InChI=1S/C24H27N3.ClH/c1-25-21-12-6-18(7-13-21)24(19-8-14-22(15-9-19)26(2)3)20-10-16-23(17-11-20)27(4)5;/h6-17H,1-5H3;1H. The van der Waals surface area contributed by atoms with Gasteiger partial charge in [-0.05, 0) is 58.7 Å². The van der Waals surface area contributed by atoms with E-state index in [1.54, 1.807) is 0 Å². The normalized spacial score (nSPS) is 12.5. The second-order valence-electron chi connectivity index (χ2n) is 7.03. The fourth-order valence-electron chi connectivity index (χ4n) is 3.13. The minimum Gasteiger partial charge on any atom is -0.378 e. The second-order valence-corrected chi connectivity index (χ2v) is 7.03. The fraction of sp³-hybridized carbons (Fsp3) is 0.208. The molecule has 3 nitrogen and oxygen atoms in total. The van der Waals surface area contributed by atoms with Gasteiger partial charge in [0.2, 0.25) is 0 Å². The van der Waals surface area contributed by atoms with E-state index in [1.165, 1.54) is 33.6 Å². The number of nitrogens with zero attached hydrogens (tertiary/aromatic N) is 3. The highest BCUT2D eigenvalue weighted by Crippen LogP contribution is 2.31. The van der Waals surface area contributed by atoms with Gasteiger partial charge >= 0.3 is 0 Å². The maximum Gasteiger partial charge on any atom is 0.0571 e. The summed E-state index contributed by atoms with van der Waals surface area (Å²) in [4.78, 5) is 8.49. The third-order valence-electron chi connectivity index (χ3n) is 4.76. The van der Waals surface area contributed by atoms with Crippen molar-refractivity contribution in [2.45, 2.75) is 0 Å². The van der Waals surface area contributed by atoms with Crippen molar-refractivity contribution in [3.8, 4) is 0 Å². The molecule has 0 bridgehead atoms. The van der Waals surface area contributed by atoms with E-state index in [1.807, 2.05) is 7.05 Å². The van der Waals surface area contributed by atoms with Crippen LogP contribution in [0.3, 0.4) is 0 Å². The lowest BCUT2D eigenvalue weighted by molar-refractivity contribution is 1.13. The molecule has 0 aromatic heterocycles. The Labute approximate surface area is 174 Å². The van der Waals surface area contributed by atoms with Gasteiger partial charge in [-0.3, -0.25) is 4.99 Å². The van der Waals surface area contributed by atoms with Crippen LogP contribution in [0.4, 0.5) is 11.4 Å². The quantitative estimate of drug-likeness (QED) is 0.707. The molecule has 0 saturated carbocycles. The Morgan fingerprint density at radius 1 is 0.643 bits per heavy atom. The van der Waals surface area contributed by atoms with Crippen molar-refractivity contribution in [1.82, 2.24) is 0 Å². The number of aliphatic imine (C=N–C) groups is 1. The molecule has 4 heteroatoms. The lowest BCUT2D eigenvalue weighted by Crippen LogP contribution is -2.08. The zero-order chi connectivity index (χ0) is 19.4. The average molecular weight is 394 g/mol. The summed E-state index contributed by atoms with van der Waals surface area (Å²) < 4.78 is 0. The molecule has 0 saturated heterocycles. The summed E-state index contributed by atoms with van der Waals surface area (Å²) >= 11 is 0. The van der Waals surface area contributed by atoms with Crippen LogP contribution in [0.5, 0.6) is 0 Å². The molecular weight excluding hydrogens is 366 g/mol. The summed E-state index contributed by atoms with van der Waals surface area (Å²) in [7, 11) is 10.1. The highest BCUT2D eigenvalue weighted by atomic mass is 35.5. The van der Waals surface area contributed by atoms with Gasteiger partial charge in [-0.15, -0.1) is 12.4 Å². The van der Waals surface area contributed by atoms with E-state index in [2.05, 4.69) is 116 Å². The van der Waals surface area contributed by atoms with E-state index >= 15 is 0 Å². The highest BCUT2D eigenvalue weighted by molar-refractivity contribution is 6.07. The third-order valence-corrected chi connectivity index (χ3v) is 4.76. The first kappa shape index (κ1) is 21.5. The highest BCUT2D eigenvalue weighted by Gasteiger charge is 2.12. The molecule has 0 radical (unpaired) electrons. The van der Waals surface area contributed by atoms with Gasteiger partial charge in [-0.25, -0.2) is 0 Å². The second kappa shape index (κ2) is 9.43. The van der Waals surface area contributed by atoms with E-state index in [0.717, 1.165) is 5.71 Å². The van der Waals surface area contributed by atoms with Crippen LogP contribution in [0.25, 0.3) is 5.57 Å². The molecule has 0 spiro atoms. The number of benzene rings is 2. The largest absolute Gasteiger partial charge is 0.378 e. The number of halogens is 1. The van der Waals surface area contributed by atoms with Gasteiger partial charge in [0, 0.05) is 46.6 Å². The summed E-state index contributed by atoms with van der Waals surface area (Å²) in [5.41, 5.74) is 8.22. The van der Waals surface area contributed by atoms with Crippen LogP contribution >= 0.6 is 12.4 Å². The zero-order valence-electron chi connectivity index (χ0n) is 17.2. The van der Waals surface area contributed by atoms with E-state index < -0.39 is 0 Å². The third kappa shape index (κ3) is 4.73. The monoisotopic (exact) mass is 393 g/mol. The molecule has 3 rings (SSSR count). The summed E-state index contributed by atoms with van der Waals surface area (Å²) in [5, 5.41) is 0. The minimum atomic E-state index is 0. The Balaban J connectivity index is 0.00000280. The number of allylic oxidation sites excluding steroid dienone is 5. The fourth-order valence-corrected chi connectivity index (χ4v) is 3.13. The zero-order valence-corrected chi connectivity index (χ0v) is 18.0. The lowest BCUT2D eigenvalue weighted by atomic mass is 9.90. The molecular formula is C24H28ClN3. The maximum atomic E-state index is 4.26. The molecule has 1 aliphatic carbocycles. The van der Waals surface area contributed by atoms with Gasteiger partial charge in [0.05, 0.1) is 5.71 Å². The molecule has 0 heterocycles. The Bertz CT molecular complexity index is 844. The van der Waals surface area contributed by atoms with E-state index in [0.29, 0.717) is 0 Å². The van der Waals surface area contributed by atoms with Crippen LogP contribution in [0, 0.1) is 0 Å². The Morgan fingerprint density at radius 3 is 1.36 bits per heavy atom. The van der Waals surface area contributed by atoms with Crippen LogP contribution in [-0.2, 0) is 0 Å². The van der Waals surface area contributed by atoms with Crippen LogP contribution in [0.2, 0.25) is 0 Å². The van der Waals surface area contributed by atoms with Crippen molar-refractivity contribution in [3.63, 3.8) is 0 Å². The molecule has 0 aliphatic heterocycles. The molecule has 146 valence electrons. The van der Waals surface area contributed by atoms with Crippen LogP contribution < -0.4 is 9.80 Å². The first-order chi connectivity index (χ1) is 13.0. The van der Waals surface area contributed by atoms with Crippen molar-refractivity contribution in [2.24, 2.45) is 4.99 Å². The van der Waals surface area contributed by atoms with Crippen molar-refractivity contribution in [3.05, 3.63) is 89.5 Å². The molecule has 28 heavy (non-hydrogen) atoms. The summed E-state index contributed by atoms with van der Waals surface area (Å²) in [6.07, 6.45) is 8.43. The molecule has 2 aromatic carbocycles. The van der Waals surface area contributed by atoms with Gasteiger partial charge in [-0.2, -0.15) is 0 Å². The maximum absolute atomic E-state index is 4.26. The minimum absolute atomic E-state index is 0. The van der Waals surface area contributed by atoms with E-state index in [9.17, 15) is 0 Å². The van der Waals surface area contributed by atoms with Crippen molar-refractivity contribution >= 4 is 35.1 Å². The molecule has 0 unspecified atom stereocenters. The lowest BCUT2D eigenvalue weighted by Gasteiger charge is -2.18. The van der Waals surface area contributed by atoms with Gasteiger partial charge in [0.1, 0.15) is 0 Å². The molecule has 0 N–H and O–H groups in total. The number of hydrogen-bond acceptors (Lipinski definition) is 3. The molecule has 0 fully saturated rings. The van der Waals surface area contributed by atoms with E-state index in [-0.39, 0.29) is 12.4 Å². The smallest absolute Gasteiger partial charge is 0.0571 e. The Hall–Kier alpha value is -2.78. The topological polar surface area (TPSA) is 18.8 Å². The average Bonchev–Trinajstić information content (AvgIpc) is 2.69.